The number of amides is 2. The van der Waals surface area contributed by atoms with Crippen molar-refractivity contribution >= 4 is 31.5 Å². The molecule has 7 heteroatoms. The minimum atomic E-state index is -3.56. The molecule has 0 spiro atoms. The Morgan fingerprint density at radius 1 is 1.20 bits per heavy atom. The zero-order valence-electron chi connectivity index (χ0n) is 11.4. The molecule has 0 bridgehead atoms. The molecule has 20 heavy (non-hydrogen) atoms. The second-order valence-corrected chi connectivity index (χ2v) is 7.85. The van der Waals surface area contributed by atoms with E-state index in [0.717, 1.165) is 5.69 Å². The summed E-state index contributed by atoms with van der Waals surface area (Å²) in [5.74, 6) is -0.207. The molecule has 0 N–H and O–H groups in total. The summed E-state index contributed by atoms with van der Waals surface area (Å²) < 4.78 is 22.0. The van der Waals surface area contributed by atoms with Gasteiger partial charge in [0, 0.05) is 35.5 Å². The van der Waals surface area contributed by atoms with Crippen LogP contribution in [0.1, 0.15) is 19.4 Å². The van der Waals surface area contributed by atoms with Crippen LogP contribution in [-0.2, 0) is 14.8 Å². The molecule has 0 saturated carbocycles. The first kappa shape index (κ1) is 15.1. The lowest BCUT2D eigenvalue weighted by molar-refractivity contribution is 0.209. The van der Waals surface area contributed by atoms with Crippen LogP contribution in [0, 0.1) is 0 Å². The Morgan fingerprint density at radius 3 is 2.25 bits per heavy atom. The number of anilines is 1. The van der Waals surface area contributed by atoms with Gasteiger partial charge in [0.05, 0.1) is 5.75 Å². The quantitative estimate of drug-likeness (QED) is 0.801. The van der Waals surface area contributed by atoms with E-state index in [0.29, 0.717) is 18.7 Å². The summed E-state index contributed by atoms with van der Waals surface area (Å²) >= 11 is 0. The summed E-state index contributed by atoms with van der Waals surface area (Å²) in [6.45, 7) is 5.31. The molecular weight excluding hydrogens is 300 g/mol. The minimum absolute atomic E-state index is 0.0160. The van der Waals surface area contributed by atoms with Crippen molar-refractivity contribution in [1.82, 2.24) is 4.90 Å². The van der Waals surface area contributed by atoms with Crippen LogP contribution in [0.3, 0.4) is 0 Å². The lowest BCUT2D eigenvalue weighted by Crippen LogP contribution is -2.36. The fraction of sp³-hybridized carbons (Fsp3) is 0.462. The van der Waals surface area contributed by atoms with E-state index < -0.39 is 9.05 Å². The standard InChI is InChI=1S/C13H17ClN2O3S/c1-10(2)15-7-8-16(13(15)17)12-5-3-11(4-6-12)9-20(14,18)19/h3-6,10H,7-9H2,1-2H3. The molecule has 0 unspecified atom stereocenters. The number of benzene rings is 1. The molecule has 1 aliphatic heterocycles. The summed E-state index contributed by atoms with van der Waals surface area (Å²) in [6.07, 6.45) is 0. The maximum absolute atomic E-state index is 12.2. The van der Waals surface area contributed by atoms with E-state index in [1.165, 1.54) is 0 Å². The Morgan fingerprint density at radius 2 is 1.80 bits per heavy atom. The molecular formula is C13H17ClN2O3S. The van der Waals surface area contributed by atoms with Crippen molar-refractivity contribution in [3.8, 4) is 0 Å². The lowest BCUT2D eigenvalue weighted by Gasteiger charge is -2.21. The number of hydrogen-bond donors (Lipinski definition) is 0. The van der Waals surface area contributed by atoms with Gasteiger partial charge in [-0.3, -0.25) is 4.90 Å². The van der Waals surface area contributed by atoms with Crippen molar-refractivity contribution in [3.05, 3.63) is 29.8 Å². The fourth-order valence-corrected chi connectivity index (χ4v) is 3.21. The average molecular weight is 317 g/mol. The molecule has 0 aliphatic carbocycles. The minimum Gasteiger partial charge on any atom is -0.320 e. The van der Waals surface area contributed by atoms with Gasteiger partial charge in [-0.15, -0.1) is 0 Å². The number of carbonyl (C=O) groups is 1. The Bertz CT molecular complexity index is 599. The van der Waals surface area contributed by atoms with E-state index >= 15 is 0 Å². The van der Waals surface area contributed by atoms with Gasteiger partial charge in [-0.25, -0.2) is 13.2 Å². The Kier molecular flexibility index (Phi) is 4.25. The summed E-state index contributed by atoms with van der Waals surface area (Å²) in [5.41, 5.74) is 1.38. The maximum atomic E-state index is 12.2. The molecule has 1 fully saturated rings. The van der Waals surface area contributed by atoms with E-state index in [1.807, 2.05) is 13.8 Å². The summed E-state index contributed by atoms with van der Waals surface area (Å²) in [7, 11) is 1.66. The zero-order valence-corrected chi connectivity index (χ0v) is 13.0. The third-order valence-corrected chi connectivity index (χ3v) is 4.26. The number of urea groups is 1. The number of halogens is 1. The molecule has 1 aromatic carbocycles. The van der Waals surface area contributed by atoms with Gasteiger partial charge < -0.3 is 4.90 Å². The monoisotopic (exact) mass is 316 g/mol. The van der Waals surface area contributed by atoms with Gasteiger partial charge in [0.1, 0.15) is 0 Å². The van der Waals surface area contributed by atoms with Crippen LogP contribution in [0.2, 0.25) is 0 Å². The van der Waals surface area contributed by atoms with Gasteiger partial charge >= 0.3 is 6.03 Å². The van der Waals surface area contributed by atoms with Gasteiger partial charge in [-0.05, 0) is 31.5 Å². The molecule has 1 saturated heterocycles. The smallest absolute Gasteiger partial charge is 0.320 e. The van der Waals surface area contributed by atoms with Gasteiger partial charge in [-0.2, -0.15) is 0 Å². The summed E-state index contributed by atoms with van der Waals surface area (Å²) in [6, 6.07) is 7.02. The second-order valence-electron chi connectivity index (χ2n) is 5.07. The van der Waals surface area contributed by atoms with Gasteiger partial charge in [-0.1, -0.05) is 12.1 Å². The summed E-state index contributed by atoms with van der Waals surface area (Å²) in [5, 5.41) is 0. The van der Waals surface area contributed by atoms with Crippen LogP contribution >= 0.6 is 10.7 Å². The predicted molar refractivity (Wildman–Crippen MR) is 79.5 cm³/mol. The zero-order chi connectivity index (χ0) is 14.9. The molecule has 110 valence electrons. The average Bonchev–Trinajstić information content (AvgIpc) is 2.70. The highest BCUT2D eigenvalue weighted by Crippen LogP contribution is 2.23. The maximum Gasteiger partial charge on any atom is 0.324 e. The Balaban J connectivity index is 2.13. The van der Waals surface area contributed by atoms with Crippen molar-refractivity contribution < 1.29 is 13.2 Å². The van der Waals surface area contributed by atoms with Crippen molar-refractivity contribution in [2.75, 3.05) is 18.0 Å². The van der Waals surface area contributed by atoms with E-state index in [4.69, 9.17) is 10.7 Å². The number of hydrogen-bond acceptors (Lipinski definition) is 3. The van der Waals surface area contributed by atoms with E-state index in [9.17, 15) is 13.2 Å². The van der Waals surface area contributed by atoms with Crippen LogP contribution in [0.4, 0.5) is 10.5 Å². The Labute approximate surface area is 123 Å². The highest BCUT2D eigenvalue weighted by atomic mass is 35.7. The number of carbonyl (C=O) groups excluding carboxylic acids is 1. The van der Waals surface area contributed by atoms with Crippen molar-refractivity contribution in [1.29, 1.82) is 0 Å². The van der Waals surface area contributed by atoms with Crippen LogP contribution in [0.15, 0.2) is 24.3 Å². The van der Waals surface area contributed by atoms with Crippen LogP contribution < -0.4 is 4.90 Å². The molecule has 0 aromatic heterocycles. The van der Waals surface area contributed by atoms with Crippen molar-refractivity contribution in [3.63, 3.8) is 0 Å². The van der Waals surface area contributed by atoms with E-state index in [-0.39, 0.29) is 17.8 Å². The van der Waals surface area contributed by atoms with E-state index in [2.05, 4.69) is 0 Å². The molecule has 1 heterocycles. The molecule has 5 nitrogen and oxygen atoms in total. The summed E-state index contributed by atoms with van der Waals surface area (Å²) in [4.78, 5) is 15.7. The molecule has 2 amide bonds. The largest absolute Gasteiger partial charge is 0.324 e. The van der Waals surface area contributed by atoms with Crippen molar-refractivity contribution in [2.24, 2.45) is 0 Å². The Hall–Kier alpha value is -1.27. The first-order valence-corrected chi connectivity index (χ1v) is 8.85. The topological polar surface area (TPSA) is 57.7 Å². The molecule has 2 rings (SSSR count). The highest BCUT2D eigenvalue weighted by molar-refractivity contribution is 8.13. The van der Waals surface area contributed by atoms with Gasteiger partial charge in [0.15, 0.2) is 0 Å². The van der Waals surface area contributed by atoms with Crippen LogP contribution in [0.25, 0.3) is 0 Å². The SMILES string of the molecule is CC(C)N1CCN(c2ccc(CS(=O)(=O)Cl)cc2)C1=O. The van der Waals surface area contributed by atoms with Crippen LogP contribution in [-0.4, -0.2) is 38.5 Å². The number of nitrogens with zero attached hydrogens (tertiary/aromatic N) is 2. The lowest BCUT2D eigenvalue weighted by atomic mass is 10.2. The molecule has 0 atom stereocenters. The van der Waals surface area contributed by atoms with Gasteiger partial charge in [0.25, 0.3) is 0 Å². The predicted octanol–water partition coefficient (Wildman–Crippen LogP) is 2.41. The number of rotatable bonds is 4. The fourth-order valence-electron chi connectivity index (χ4n) is 2.24. The highest BCUT2D eigenvalue weighted by Gasteiger charge is 2.30. The normalized spacial score (nSPS) is 16.3. The van der Waals surface area contributed by atoms with E-state index in [1.54, 1.807) is 34.1 Å². The second kappa shape index (κ2) is 5.61. The third-order valence-electron chi connectivity index (χ3n) is 3.25. The van der Waals surface area contributed by atoms with Gasteiger partial charge in [0.2, 0.25) is 9.05 Å². The molecule has 0 radical (unpaired) electrons. The van der Waals surface area contributed by atoms with Crippen LogP contribution in [0.5, 0.6) is 0 Å². The first-order chi connectivity index (χ1) is 9.28. The molecule has 1 aromatic rings. The first-order valence-electron chi connectivity index (χ1n) is 6.37. The third kappa shape index (κ3) is 3.43. The van der Waals surface area contributed by atoms with Crippen molar-refractivity contribution in [2.45, 2.75) is 25.6 Å². The molecule has 1 aliphatic rings.